The first-order valence-electron chi connectivity index (χ1n) is 15.9. The summed E-state index contributed by atoms with van der Waals surface area (Å²) in [6, 6.07) is 1.70. The lowest BCUT2D eigenvalue weighted by Crippen LogP contribution is -2.36. The van der Waals surface area contributed by atoms with Gasteiger partial charge in [0.15, 0.2) is 11.5 Å². The van der Waals surface area contributed by atoms with Crippen LogP contribution in [0.5, 0.6) is 5.75 Å². The summed E-state index contributed by atoms with van der Waals surface area (Å²) in [5, 5.41) is 10.1. The Labute approximate surface area is 311 Å². The Morgan fingerprint density at radius 2 is 1.54 bits per heavy atom. The Morgan fingerprint density at radius 3 is 2.10 bits per heavy atom. The van der Waals surface area contributed by atoms with E-state index in [2.05, 4.69) is 0 Å². The van der Waals surface area contributed by atoms with Crippen LogP contribution in [0.4, 0.5) is 0 Å². The Hall–Kier alpha value is -2.03. The third-order valence-corrected chi connectivity index (χ3v) is 14.6. The Morgan fingerprint density at radius 1 is 0.920 bits per heavy atom. The van der Waals surface area contributed by atoms with Gasteiger partial charge in [-0.3, -0.25) is 9.11 Å². The molecule has 3 atom stereocenters. The van der Waals surface area contributed by atoms with Crippen molar-refractivity contribution < 1.29 is 40.6 Å². The molecular weight excluding hydrogens is 767 g/mol. The maximum absolute atomic E-state index is 13.5. The van der Waals surface area contributed by atoms with Crippen molar-refractivity contribution in [3.05, 3.63) is 76.8 Å². The number of halogens is 3. The van der Waals surface area contributed by atoms with Crippen LogP contribution >= 0.6 is 46.6 Å². The number of benzene rings is 2. The van der Waals surface area contributed by atoms with Gasteiger partial charge in [-0.15, -0.1) is 11.8 Å². The van der Waals surface area contributed by atoms with Gasteiger partial charge < -0.3 is 9.84 Å². The molecule has 0 aromatic heterocycles. The van der Waals surface area contributed by atoms with Gasteiger partial charge in [0, 0.05) is 33.1 Å². The minimum Gasteiger partial charge on any atom is -0.478 e. The van der Waals surface area contributed by atoms with Crippen molar-refractivity contribution in [3.63, 3.8) is 0 Å². The Kier molecular flexibility index (Phi) is 9.25. The predicted molar refractivity (Wildman–Crippen MR) is 196 cm³/mol. The van der Waals surface area contributed by atoms with Crippen LogP contribution in [-0.2, 0) is 26.7 Å². The van der Waals surface area contributed by atoms with Gasteiger partial charge in [0.25, 0.3) is 20.2 Å². The first-order chi connectivity index (χ1) is 22.9. The lowest BCUT2D eigenvalue weighted by Gasteiger charge is -2.45. The highest BCUT2D eigenvalue weighted by Gasteiger charge is 2.49. The average Bonchev–Trinajstić information content (AvgIpc) is 2.94. The maximum Gasteiger partial charge on any atom is 0.337 e. The molecule has 0 saturated heterocycles. The Bertz CT molecular complexity index is 2230. The van der Waals surface area contributed by atoms with Crippen molar-refractivity contribution in [2.45, 2.75) is 82.9 Å². The molecule has 270 valence electrons. The summed E-state index contributed by atoms with van der Waals surface area (Å²) in [5.41, 5.74) is 0.324. The molecule has 2 aromatic rings. The third-order valence-electron chi connectivity index (χ3n) is 10.3. The molecule has 1 heterocycles. The van der Waals surface area contributed by atoms with Gasteiger partial charge in [0.2, 0.25) is 0 Å². The van der Waals surface area contributed by atoms with E-state index in [9.17, 15) is 35.8 Å². The molecule has 2 aromatic carbocycles. The largest absolute Gasteiger partial charge is 0.478 e. The average molecular weight is 804 g/mol. The minimum absolute atomic E-state index is 0.0198. The van der Waals surface area contributed by atoms with Crippen LogP contribution in [0.3, 0.4) is 0 Å². The van der Waals surface area contributed by atoms with Crippen LogP contribution in [0.2, 0.25) is 15.1 Å². The van der Waals surface area contributed by atoms with E-state index < -0.39 is 53.2 Å². The summed E-state index contributed by atoms with van der Waals surface area (Å²) in [6.07, 6.45) is 5.29. The Balaban J connectivity index is 1.92. The molecule has 9 nitrogen and oxygen atoms in total. The fourth-order valence-corrected chi connectivity index (χ4v) is 12.5. The van der Waals surface area contributed by atoms with Crippen molar-refractivity contribution in [1.29, 1.82) is 0 Å². The standard InChI is InChI=1S/C35H37Cl3O9S3/c1-14-10-34(3,4)12-20-16(14)8-18-22(23-24(33(39)40)25(36)27(38)30(48-7)26(23)37)19-9-17-15(2)11-35(5,6)13-21(17)32(50(44,45)46)29(19)47-28(18)31(20)49(41,42)43/h8-9,14-15,20H,10-13H2,1-7H3,(H,39,40)(H,41,42,43)(H,44,45,46). The zero-order valence-corrected chi connectivity index (χ0v) is 33.1. The number of hydrogen-bond acceptors (Lipinski definition) is 7. The quantitative estimate of drug-likeness (QED) is 0.151. The summed E-state index contributed by atoms with van der Waals surface area (Å²) in [6.45, 7) is 11.8. The highest BCUT2D eigenvalue weighted by Crippen LogP contribution is 2.59. The highest BCUT2D eigenvalue weighted by atomic mass is 35.5. The molecular formula is C35H37Cl3O9S3. The molecule has 0 bridgehead atoms. The summed E-state index contributed by atoms with van der Waals surface area (Å²) >= 11 is 21.4. The molecule has 1 saturated carbocycles. The predicted octanol–water partition coefficient (Wildman–Crippen LogP) is 9.70. The smallest absolute Gasteiger partial charge is 0.337 e. The molecule has 0 radical (unpaired) electrons. The minimum atomic E-state index is -5.07. The van der Waals surface area contributed by atoms with E-state index >= 15 is 0 Å². The normalized spacial score (nSPS) is 24.1. The number of fused-ring (bicyclic) bond motifs is 4. The molecule has 3 aliphatic carbocycles. The van der Waals surface area contributed by atoms with Gasteiger partial charge in [0.1, 0.15) is 9.80 Å². The molecule has 0 amide bonds. The van der Waals surface area contributed by atoms with Crippen LogP contribution in [0, 0.1) is 22.7 Å². The lowest BCUT2D eigenvalue weighted by atomic mass is 9.63. The number of rotatable bonds is 5. The van der Waals surface area contributed by atoms with Crippen LogP contribution < -0.4 is 4.74 Å². The SMILES string of the molecule is CSc1c(Cl)c(Cl)c(C(=O)O)c(C2=C3C=C4C(C)CC(C)(C)CC4C(S(=O)(=O)O)=C3Oc3c2cc2c(c3S(=O)(=O)O)CC(C)(C)CC2C)c1Cl. The number of carbonyl (C=O) groups is 1. The summed E-state index contributed by atoms with van der Waals surface area (Å²) < 4.78 is 82.2. The van der Waals surface area contributed by atoms with Crippen molar-refractivity contribution in [2.24, 2.45) is 22.7 Å². The van der Waals surface area contributed by atoms with Gasteiger partial charge in [-0.25, -0.2) is 4.79 Å². The molecule has 50 heavy (non-hydrogen) atoms. The highest BCUT2D eigenvalue weighted by molar-refractivity contribution is 7.98. The van der Waals surface area contributed by atoms with Gasteiger partial charge in [-0.05, 0) is 71.8 Å². The van der Waals surface area contributed by atoms with E-state index in [4.69, 9.17) is 39.5 Å². The number of ether oxygens (including phenoxy) is 1. The second kappa shape index (κ2) is 12.3. The number of carboxylic acids is 1. The van der Waals surface area contributed by atoms with E-state index in [-0.39, 0.29) is 77.1 Å². The third kappa shape index (κ3) is 6.05. The van der Waals surface area contributed by atoms with Crippen molar-refractivity contribution in [1.82, 2.24) is 0 Å². The van der Waals surface area contributed by atoms with E-state index in [0.717, 1.165) is 11.8 Å². The van der Waals surface area contributed by atoms with E-state index in [0.29, 0.717) is 36.0 Å². The van der Waals surface area contributed by atoms with Crippen LogP contribution in [-0.4, -0.2) is 43.3 Å². The van der Waals surface area contributed by atoms with Crippen LogP contribution in [0.15, 0.2) is 43.7 Å². The van der Waals surface area contributed by atoms with Gasteiger partial charge >= 0.3 is 5.97 Å². The monoisotopic (exact) mass is 802 g/mol. The molecule has 15 heteroatoms. The fraction of sp³-hybridized carbons (Fsp3) is 0.457. The topological polar surface area (TPSA) is 155 Å². The van der Waals surface area contributed by atoms with E-state index in [1.807, 2.05) is 41.5 Å². The van der Waals surface area contributed by atoms with Crippen LogP contribution in [0.25, 0.3) is 5.57 Å². The fourth-order valence-electron chi connectivity index (χ4n) is 8.78. The van der Waals surface area contributed by atoms with E-state index in [1.54, 1.807) is 18.4 Å². The zero-order valence-electron chi connectivity index (χ0n) is 28.4. The van der Waals surface area contributed by atoms with Crippen molar-refractivity contribution >= 4 is 78.3 Å². The molecule has 1 fully saturated rings. The summed E-state index contributed by atoms with van der Waals surface area (Å²) in [7, 11) is -10.1. The molecule has 4 aliphatic rings. The summed E-state index contributed by atoms with van der Waals surface area (Å²) in [5.74, 6) is -3.53. The first-order valence-corrected chi connectivity index (χ1v) is 21.2. The summed E-state index contributed by atoms with van der Waals surface area (Å²) in [4.78, 5) is 12.2. The lowest BCUT2D eigenvalue weighted by molar-refractivity contribution is 0.0696. The molecule has 3 N–H and O–H groups in total. The molecule has 1 aliphatic heterocycles. The number of aromatic carboxylic acids is 1. The first kappa shape index (κ1) is 37.7. The number of carboxylic acid groups (broad SMARTS) is 1. The zero-order chi connectivity index (χ0) is 37.2. The number of thioether (sulfide) groups is 1. The van der Waals surface area contributed by atoms with Gasteiger partial charge in [0.05, 0.1) is 20.6 Å². The molecule has 3 unspecified atom stereocenters. The van der Waals surface area contributed by atoms with Crippen molar-refractivity contribution in [2.75, 3.05) is 6.26 Å². The second-order valence-electron chi connectivity index (χ2n) is 15.3. The van der Waals surface area contributed by atoms with Crippen LogP contribution in [0.1, 0.15) is 99.3 Å². The van der Waals surface area contributed by atoms with Gasteiger partial charge in [-0.1, -0.05) is 88.0 Å². The number of allylic oxidation sites excluding steroid dienone is 3. The number of hydrogen-bond donors (Lipinski definition) is 3. The maximum atomic E-state index is 13.5. The second-order valence-corrected chi connectivity index (χ2v) is 20.0. The van der Waals surface area contributed by atoms with Gasteiger partial charge in [-0.2, -0.15) is 16.8 Å². The molecule has 6 rings (SSSR count). The molecule has 0 spiro atoms. The van der Waals surface area contributed by atoms with Crippen molar-refractivity contribution in [3.8, 4) is 5.75 Å². The van der Waals surface area contributed by atoms with E-state index in [1.165, 1.54) is 0 Å².